The average molecular weight is 535 g/mol. The zero-order valence-electron chi connectivity index (χ0n) is 20.3. The van der Waals surface area contributed by atoms with Gasteiger partial charge in [-0.3, -0.25) is 19.6 Å². The number of urea groups is 1. The van der Waals surface area contributed by atoms with Gasteiger partial charge in [-0.1, -0.05) is 0 Å². The van der Waals surface area contributed by atoms with Gasteiger partial charge < -0.3 is 25.4 Å². The molecule has 38 heavy (non-hydrogen) atoms. The van der Waals surface area contributed by atoms with Gasteiger partial charge >= 0.3 is 18.4 Å². The Morgan fingerprint density at radius 1 is 1.08 bits per heavy atom. The molecule has 0 fully saturated rings. The summed E-state index contributed by atoms with van der Waals surface area (Å²) in [4.78, 5) is 39.6. The summed E-state index contributed by atoms with van der Waals surface area (Å²) in [5.41, 5.74) is 1.18. The predicted octanol–water partition coefficient (Wildman–Crippen LogP) is 3.26. The highest BCUT2D eigenvalue weighted by atomic mass is 19.4. The number of esters is 1. The summed E-state index contributed by atoms with van der Waals surface area (Å²) in [5, 5.41) is 14.9. The molecule has 0 aliphatic rings. The summed E-state index contributed by atoms with van der Waals surface area (Å²) in [7, 11) is 1.63. The Labute approximate surface area is 214 Å². The van der Waals surface area contributed by atoms with Crippen molar-refractivity contribution in [3.05, 3.63) is 59.9 Å². The fourth-order valence-electron chi connectivity index (χ4n) is 3.11. The normalized spacial score (nSPS) is 10.9. The highest BCUT2D eigenvalue weighted by Gasteiger charge is 2.31. The molecule has 0 aliphatic heterocycles. The minimum absolute atomic E-state index is 0.0402. The van der Waals surface area contributed by atoms with Gasteiger partial charge in [-0.05, 0) is 42.0 Å². The Balaban J connectivity index is 1.57. The Morgan fingerprint density at radius 3 is 2.50 bits per heavy atom. The van der Waals surface area contributed by atoms with Crippen molar-refractivity contribution in [2.75, 3.05) is 29.1 Å². The van der Waals surface area contributed by atoms with E-state index in [1.165, 1.54) is 36.1 Å². The van der Waals surface area contributed by atoms with E-state index < -0.39 is 30.0 Å². The van der Waals surface area contributed by atoms with Crippen molar-refractivity contribution < 1.29 is 37.0 Å². The fraction of sp³-hybridized carbons (Fsp3) is 0.261. The van der Waals surface area contributed by atoms with Crippen LogP contribution < -0.4 is 26.0 Å². The second kappa shape index (κ2) is 12.4. The number of aromatic nitrogens is 3. The maximum absolute atomic E-state index is 12.8. The third-order valence-corrected chi connectivity index (χ3v) is 4.75. The number of halogens is 3. The van der Waals surface area contributed by atoms with Crippen LogP contribution in [0, 0.1) is 0 Å². The number of rotatable bonds is 10. The van der Waals surface area contributed by atoms with Crippen LogP contribution in [0.4, 0.5) is 35.3 Å². The molecule has 0 atom stereocenters. The molecule has 12 nitrogen and oxygen atoms in total. The summed E-state index contributed by atoms with van der Waals surface area (Å²) in [6.07, 6.45) is -1.97. The van der Waals surface area contributed by atoms with Crippen molar-refractivity contribution in [2.45, 2.75) is 19.8 Å². The summed E-state index contributed by atoms with van der Waals surface area (Å²) in [6, 6.07) is 7.53. The summed E-state index contributed by atoms with van der Waals surface area (Å²) >= 11 is 0. The number of ether oxygens (including phenoxy) is 2. The lowest BCUT2D eigenvalue weighted by atomic mass is 10.2. The number of carbonyl (C=O) groups excluding carboxylic acids is 3. The van der Waals surface area contributed by atoms with Gasteiger partial charge in [-0.25, -0.2) is 9.78 Å². The smallest absolute Gasteiger partial charge is 0.464 e. The number of pyridine rings is 1. The second-order valence-electron chi connectivity index (χ2n) is 7.68. The second-order valence-corrected chi connectivity index (χ2v) is 7.68. The van der Waals surface area contributed by atoms with Crippen molar-refractivity contribution in [1.82, 2.24) is 20.1 Å². The van der Waals surface area contributed by atoms with Crippen LogP contribution in [0.5, 0.6) is 5.75 Å². The van der Waals surface area contributed by atoms with Gasteiger partial charge in [0.05, 0.1) is 12.7 Å². The lowest BCUT2D eigenvalue weighted by Crippen LogP contribution is -2.32. The Hall–Kier alpha value is -4.82. The lowest BCUT2D eigenvalue weighted by Gasteiger charge is -2.12. The van der Waals surface area contributed by atoms with Gasteiger partial charge in [0.2, 0.25) is 0 Å². The quantitative estimate of drug-likeness (QED) is 0.228. The third kappa shape index (κ3) is 8.69. The standard InChI is InChI=1S/C23H24F3N7O5/c1-14(34)37-10-9-28-22(36)32-19-11-15(7-8-27-19)12-29-20-18(13-30-33(20)2)21(35)31-16-3-5-17(6-4-16)38-23(24,25)26/h3-8,11,13,29H,9-10,12H2,1-2H3,(H,31,35)(H2,27,28,32,36). The van der Waals surface area contributed by atoms with Crippen molar-refractivity contribution in [3.8, 4) is 5.75 Å². The van der Waals surface area contributed by atoms with E-state index in [1.54, 1.807) is 19.2 Å². The average Bonchev–Trinajstić information content (AvgIpc) is 3.21. The third-order valence-electron chi connectivity index (χ3n) is 4.75. The highest BCUT2D eigenvalue weighted by molar-refractivity contribution is 6.07. The molecule has 3 rings (SSSR count). The topological polar surface area (TPSA) is 148 Å². The van der Waals surface area contributed by atoms with Crippen LogP contribution in [0.25, 0.3) is 0 Å². The van der Waals surface area contributed by atoms with E-state index >= 15 is 0 Å². The molecule has 2 aromatic heterocycles. The van der Waals surface area contributed by atoms with E-state index in [0.29, 0.717) is 5.82 Å². The van der Waals surface area contributed by atoms with Crippen LogP contribution in [0.1, 0.15) is 22.8 Å². The highest BCUT2D eigenvalue weighted by Crippen LogP contribution is 2.25. The molecule has 4 N–H and O–H groups in total. The number of benzene rings is 1. The van der Waals surface area contributed by atoms with E-state index in [9.17, 15) is 27.6 Å². The predicted molar refractivity (Wildman–Crippen MR) is 130 cm³/mol. The Bertz CT molecular complexity index is 1280. The molecule has 0 aliphatic carbocycles. The molecule has 202 valence electrons. The van der Waals surface area contributed by atoms with E-state index in [2.05, 4.69) is 36.1 Å². The molecule has 0 spiro atoms. The molecule has 0 saturated heterocycles. The van der Waals surface area contributed by atoms with Crippen molar-refractivity contribution in [3.63, 3.8) is 0 Å². The van der Waals surface area contributed by atoms with Crippen LogP contribution in [-0.4, -0.2) is 52.2 Å². The number of amides is 3. The number of anilines is 3. The molecule has 0 radical (unpaired) electrons. The van der Waals surface area contributed by atoms with E-state index in [1.807, 2.05) is 0 Å². The number of nitrogens with zero attached hydrogens (tertiary/aromatic N) is 3. The number of nitrogens with one attached hydrogen (secondary N) is 4. The minimum Gasteiger partial charge on any atom is -0.464 e. The van der Waals surface area contributed by atoms with Gasteiger partial charge in [0.15, 0.2) is 0 Å². The van der Waals surface area contributed by atoms with Gasteiger partial charge in [0, 0.05) is 32.4 Å². The van der Waals surface area contributed by atoms with Crippen LogP contribution in [0.2, 0.25) is 0 Å². The van der Waals surface area contributed by atoms with Gasteiger partial charge in [-0.2, -0.15) is 5.10 Å². The monoisotopic (exact) mass is 535 g/mol. The molecule has 15 heteroatoms. The van der Waals surface area contributed by atoms with Crippen molar-refractivity contribution >= 4 is 35.2 Å². The molecule has 0 unspecified atom stereocenters. The molecule has 3 amide bonds. The first-order chi connectivity index (χ1) is 18.0. The van der Waals surface area contributed by atoms with Crippen molar-refractivity contribution in [1.29, 1.82) is 0 Å². The van der Waals surface area contributed by atoms with Gasteiger partial charge in [-0.15, -0.1) is 13.2 Å². The van der Waals surface area contributed by atoms with Crippen LogP contribution >= 0.6 is 0 Å². The van der Waals surface area contributed by atoms with E-state index in [4.69, 9.17) is 4.74 Å². The maximum Gasteiger partial charge on any atom is 0.573 e. The summed E-state index contributed by atoms with van der Waals surface area (Å²) in [5.74, 6) is -0.737. The number of alkyl halides is 3. The number of hydrogen-bond acceptors (Lipinski definition) is 8. The van der Waals surface area contributed by atoms with Gasteiger partial charge in [0.1, 0.15) is 29.6 Å². The van der Waals surface area contributed by atoms with Crippen LogP contribution in [-0.2, 0) is 23.1 Å². The van der Waals surface area contributed by atoms with E-state index in [0.717, 1.165) is 17.7 Å². The first-order valence-electron chi connectivity index (χ1n) is 11.1. The summed E-state index contributed by atoms with van der Waals surface area (Å²) < 4.78 is 47.0. The van der Waals surface area contributed by atoms with Gasteiger partial charge in [0.25, 0.3) is 5.91 Å². The number of hydrogen-bond donors (Lipinski definition) is 4. The zero-order valence-corrected chi connectivity index (χ0v) is 20.3. The molecule has 0 bridgehead atoms. The summed E-state index contributed by atoms with van der Waals surface area (Å²) in [6.45, 7) is 1.68. The number of aryl methyl sites for hydroxylation is 1. The molecule has 0 saturated carbocycles. The Kier molecular flexibility index (Phi) is 9.08. The zero-order chi connectivity index (χ0) is 27.7. The minimum atomic E-state index is -4.81. The van der Waals surface area contributed by atoms with Crippen LogP contribution in [0.3, 0.4) is 0 Å². The van der Waals surface area contributed by atoms with E-state index in [-0.39, 0.29) is 36.8 Å². The largest absolute Gasteiger partial charge is 0.573 e. The fourth-order valence-corrected chi connectivity index (χ4v) is 3.11. The molecular weight excluding hydrogens is 511 g/mol. The Morgan fingerprint density at radius 2 is 1.82 bits per heavy atom. The molecule has 1 aromatic carbocycles. The molecule has 3 aromatic rings. The van der Waals surface area contributed by atoms with Crippen molar-refractivity contribution in [2.24, 2.45) is 7.05 Å². The molecule has 2 heterocycles. The molecular formula is C23H24F3N7O5. The first-order valence-corrected chi connectivity index (χ1v) is 11.1. The lowest BCUT2D eigenvalue weighted by molar-refractivity contribution is -0.274. The first kappa shape index (κ1) is 27.8. The number of carbonyl (C=O) groups is 3. The maximum atomic E-state index is 12.8. The SMILES string of the molecule is CC(=O)OCCNC(=O)Nc1cc(CNc2c(C(=O)Nc3ccc(OC(F)(F)F)cc3)cnn2C)ccn1. The van der Waals surface area contributed by atoms with Crippen LogP contribution in [0.15, 0.2) is 48.8 Å².